The summed E-state index contributed by atoms with van der Waals surface area (Å²) in [7, 11) is 0. The molecule has 0 spiro atoms. The van der Waals surface area contributed by atoms with E-state index >= 15 is 0 Å². The molecule has 0 saturated carbocycles. The normalized spacial score (nSPS) is 10.7. The zero-order chi connectivity index (χ0) is 16.7. The number of aromatic hydroxyl groups is 1. The number of hydrogen-bond acceptors (Lipinski definition) is 5. The van der Waals surface area contributed by atoms with Crippen molar-refractivity contribution >= 4 is 12.1 Å². The van der Waals surface area contributed by atoms with Crippen molar-refractivity contribution in [3.8, 4) is 11.5 Å². The summed E-state index contributed by atoms with van der Waals surface area (Å²) in [6.07, 6.45) is 2.83. The van der Waals surface area contributed by atoms with Gasteiger partial charge in [0.1, 0.15) is 6.54 Å². The van der Waals surface area contributed by atoms with E-state index < -0.39 is 5.91 Å². The lowest BCUT2D eigenvalue weighted by atomic mass is 10.2. The van der Waals surface area contributed by atoms with Crippen LogP contribution in [0.3, 0.4) is 0 Å². The number of rotatable bonds is 6. The Morgan fingerprint density at radius 3 is 2.91 bits per heavy atom. The van der Waals surface area contributed by atoms with Gasteiger partial charge in [0.25, 0.3) is 11.5 Å². The first-order chi connectivity index (χ1) is 11.1. The molecule has 1 heterocycles. The van der Waals surface area contributed by atoms with Gasteiger partial charge < -0.3 is 14.4 Å². The highest BCUT2D eigenvalue weighted by atomic mass is 16.5. The molecule has 1 amide bonds. The maximum Gasteiger partial charge on any atom is 0.260 e. The van der Waals surface area contributed by atoms with E-state index in [9.17, 15) is 14.7 Å². The van der Waals surface area contributed by atoms with Crippen molar-refractivity contribution in [3.05, 3.63) is 58.5 Å². The number of aromatic nitrogens is 1. The largest absolute Gasteiger partial charge is 0.504 e. The van der Waals surface area contributed by atoms with Gasteiger partial charge in [-0.05, 0) is 25.1 Å². The molecular formula is C16H17N3O4. The fraction of sp³-hybridized carbons (Fsp3) is 0.188. The number of phenolic OH excluding ortho intramolecular Hbond substituents is 1. The van der Waals surface area contributed by atoms with Crippen molar-refractivity contribution < 1.29 is 14.6 Å². The molecule has 0 radical (unpaired) electrons. The lowest BCUT2D eigenvalue weighted by Crippen LogP contribution is -2.28. The monoisotopic (exact) mass is 315 g/mol. The van der Waals surface area contributed by atoms with Crippen molar-refractivity contribution in [1.29, 1.82) is 0 Å². The van der Waals surface area contributed by atoms with Crippen LogP contribution in [-0.2, 0) is 11.3 Å². The number of benzene rings is 1. The molecule has 120 valence electrons. The molecule has 0 saturated heterocycles. The number of phenols is 1. The zero-order valence-corrected chi connectivity index (χ0v) is 12.6. The number of amides is 1. The number of nitrogens with one attached hydrogen (secondary N) is 1. The van der Waals surface area contributed by atoms with E-state index in [4.69, 9.17) is 4.74 Å². The minimum absolute atomic E-state index is 0.0494. The van der Waals surface area contributed by atoms with Crippen LogP contribution in [0, 0.1) is 0 Å². The summed E-state index contributed by atoms with van der Waals surface area (Å²) >= 11 is 0. The Hall–Kier alpha value is -3.09. The van der Waals surface area contributed by atoms with Crippen molar-refractivity contribution in [2.75, 3.05) is 6.61 Å². The molecule has 1 aromatic carbocycles. The number of hydrazone groups is 1. The van der Waals surface area contributed by atoms with Gasteiger partial charge in [0.2, 0.25) is 0 Å². The van der Waals surface area contributed by atoms with Gasteiger partial charge in [-0.1, -0.05) is 12.1 Å². The van der Waals surface area contributed by atoms with Crippen molar-refractivity contribution in [2.24, 2.45) is 5.10 Å². The Kier molecular flexibility index (Phi) is 5.51. The minimum atomic E-state index is -0.449. The van der Waals surface area contributed by atoms with Gasteiger partial charge in [0.05, 0.1) is 12.8 Å². The molecule has 0 aliphatic carbocycles. The molecular weight excluding hydrogens is 298 g/mol. The van der Waals surface area contributed by atoms with E-state index in [2.05, 4.69) is 10.5 Å². The first-order valence-electron chi connectivity index (χ1n) is 7.04. The predicted octanol–water partition coefficient (Wildman–Crippen LogP) is 1.10. The highest BCUT2D eigenvalue weighted by Crippen LogP contribution is 2.28. The third-order valence-electron chi connectivity index (χ3n) is 2.94. The summed E-state index contributed by atoms with van der Waals surface area (Å²) in [5.41, 5.74) is 2.44. The van der Waals surface area contributed by atoms with E-state index in [1.807, 2.05) is 6.92 Å². The Labute approximate surface area is 132 Å². The summed E-state index contributed by atoms with van der Waals surface area (Å²) in [5, 5.41) is 13.8. The van der Waals surface area contributed by atoms with Gasteiger partial charge in [-0.15, -0.1) is 0 Å². The number of carbonyl (C=O) groups excluding carboxylic acids is 1. The summed E-state index contributed by atoms with van der Waals surface area (Å²) in [6.45, 7) is 2.10. The first kappa shape index (κ1) is 16.3. The number of pyridine rings is 1. The van der Waals surface area contributed by atoms with E-state index in [1.54, 1.807) is 30.3 Å². The average Bonchev–Trinajstić information content (AvgIpc) is 2.53. The van der Waals surface area contributed by atoms with Gasteiger partial charge >= 0.3 is 0 Å². The average molecular weight is 315 g/mol. The molecule has 0 bridgehead atoms. The van der Waals surface area contributed by atoms with Crippen molar-refractivity contribution in [1.82, 2.24) is 9.99 Å². The lowest BCUT2D eigenvalue weighted by Gasteiger charge is -2.07. The second kappa shape index (κ2) is 7.79. The lowest BCUT2D eigenvalue weighted by molar-refractivity contribution is -0.121. The number of para-hydroxylation sites is 1. The molecule has 2 aromatic rings. The molecule has 2 N–H and O–H groups in total. The van der Waals surface area contributed by atoms with Crippen LogP contribution in [-0.4, -0.2) is 28.4 Å². The molecule has 0 atom stereocenters. The predicted molar refractivity (Wildman–Crippen MR) is 85.7 cm³/mol. The zero-order valence-electron chi connectivity index (χ0n) is 12.6. The molecule has 2 rings (SSSR count). The highest BCUT2D eigenvalue weighted by Gasteiger charge is 2.06. The van der Waals surface area contributed by atoms with Crippen molar-refractivity contribution in [2.45, 2.75) is 13.5 Å². The third-order valence-corrected chi connectivity index (χ3v) is 2.94. The quantitative estimate of drug-likeness (QED) is 0.617. The van der Waals surface area contributed by atoms with E-state index in [1.165, 1.54) is 23.0 Å². The fourth-order valence-corrected chi connectivity index (χ4v) is 1.87. The molecule has 1 aromatic heterocycles. The van der Waals surface area contributed by atoms with E-state index in [0.29, 0.717) is 17.9 Å². The maximum absolute atomic E-state index is 11.7. The van der Waals surface area contributed by atoms with Crippen molar-refractivity contribution in [3.63, 3.8) is 0 Å². The molecule has 0 unspecified atom stereocenters. The van der Waals surface area contributed by atoms with E-state index in [0.717, 1.165) is 0 Å². The van der Waals surface area contributed by atoms with Crippen LogP contribution < -0.4 is 15.7 Å². The van der Waals surface area contributed by atoms with Gasteiger partial charge in [-0.25, -0.2) is 5.43 Å². The number of ether oxygens (including phenoxy) is 1. The maximum atomic E-state index is 11.7. The van der Waals surface area contributed by atoms with Crippen LogP contribution in [0.1, 0.15) is 12.5 Å². The Morgan fingerprint density at radius 1 is 1.35 bits per heavy atom. The summed E-state index contributed by atoms with van der Waals surface area (Å²) < 4.78 is 6.52. The second-order valence-electron chi connectivity index (χ2n) is 4.59. The van der Waals surface area contributed by atoms with E-state index in [-0.39, 0.29) is 17.9 Å². The van der Waals surface area contributed by atoms with Crippen LogP contribution in [0.25, 0.3) is 0 Å². The smallest absolute Gasteiger partial charge is 0.260 e. The Morgan fingerprint density at radius 2 is 2.17 bits per heavy atom. The molecule has 0 aliphatic rings. The standard InChI is InChI=1S/C16H17N3O4/c1-2-23-13-7-5-6-12(16(13)22)10-17-18-14(20)11-19-9-4-3-8-15(19)21/h3-10,22H,2,11H2,1H3,(H,18,20)/b17-10+. The van der Waals surface area contributed by atoms with Crippen LogP contribution >= 0.6 is 0 Å². The molecule has 7 nitrogen and oxygen atoms in total. The Balaban J connectivity index is 1.99. The third kappa shape index (κ3) is 4.44. The van der Waals surface area contributed by atoms with Gasteiger partial charge in [0.15, 0.2) is 11.5 Å². The van der Waals surface area contributed by atoms with Gasteiger partial charge in [0, 0.05) is 17.8 Å². The van der Waals surface area contributed by atoms with Crippen LogP contribution in [0.5, 0.6) is 11.5 Å². The van der Waals surface area contributed by atoms with Crippen LogP contribution in [0.15, 0.2) is 52.5 Å². The fourth-order valence-electron chi connectivity index (χ4n) is 1.87. The molecule has 23 heavy (non-hydrogen) atoms. The number of hydrogen-bond donors (Lipinski definition) is 2. The minimum Gasteiger partial charge on any atom is -0.504 e. The summed E-state index contributed by atoms with van der Waals surface area (Å²) in [6, 6.07) is 9.61. The molecule has 7 heteroatoms. The SMILES string of the molecule is CCOc1cccc(/C=N/NC(=O)Cn2ccccc2=O)c1O. The number of nitrogens with zero attached hydrogens (tertiary/aromatic N) is 2. The second-order valence-corrected chi connectivity index (χ2v) is 4.59. The number of carbonyl (C=O) groups is 1. The van der Waals surface area contributed by atoms with Gasteiger partial charge in [-0.2, -0.15) is 5.10 Å². The van der Waals surface area contributed by atoms with Crippen LogP contribution in [0.4, 0.5) is 0 Å². The highest BCUT2D eigenvalue weighted by molar-refractivity contribution is 5.86. The molecule has 0 aliphatic heterocycles. The first-order valence-corrected chi connectivity index (χ1v) is 7.04. The van der Waals surface area contributed by atoms with Gasteiger partial charge in [-0.3, -0.25) is 9.59 Å². The van der Waals surface area contributed by atoms with Crippen LogP contribution in [0.2, 0.25) is 0 Å². The summed E-state index contributed by atoms with van der Waals surface area (Å²) in [5.74, 6) is -0.153. The Bertz CT molecular complexity index is 768. The molecule has 0 fully saturated rings. The summed E-state index contributed by atoms with van der Waals surface area (Å²) in [4.78, 5) is 23.2. The topological polar surface area (TPSA) is 92.9 Å².